The van der Waals surface area contributed by atoms with Crippen molar-refractivity contribution in [1.82, 2.24) is 19.7 Å². The molecule has 0 amide bonds. The Labute approximate surface area is 120 Å². The summed E-state index contributed by atoms with van der Waals surface area (Å²) in [7, 11) is 1.96. The van der Waals surface area contributed by atoms with Crippen LogP contribution in [0.15, 0.2) is 30.2 Å². The van der Waals surface area contributed by atoms with Crippen molar-refractivity contribution in [3.63, 3.8) is 0 Å². The summed E-state index contributed by atoms with van der Waals surface area (Å²) in [6, 6.07) is 2.50. The monoisotopic (exact) mass is 285 g/mol. The van der Waals surface area contributed by atoms with Gasteiger partial charge in [0, 0.05) is 25.4 Å². The fraction of sp³-hybridized carbons (Fsp3) is 0.357. The molecule has 0 bridgehead atoms. The van der Waals surface area contributed by atoms with Crippen LogP contribution in [0.1, 0.15) is 24.4 Å². The van der Waals surface area contributed by atoms with E-state index in [-0.39, 0.29) is 0 Å². The molecule has 3 aromatic heterocycles. The number of rotatable bonds is 2. The number of anilines is 1. The van der Waals surface area contributed by atoms with E-state index >= 15 is 0 Å². The third kappa shape index (κ3) is 1.79. The Morgan fingerprint density at radius 3 is 3.15 bits per heavy atom. The molecule has 1 fully saturated rings. The second kappa shape index (κ2) is 4.56. The zero-order valence-corrected chi connectivity index (χ0v) is 12.0. The van der Waals surface area contributed by atoms with Crippen molar-refractivity contribution in [2.75, 3.05) is 11.4 Å². The lowest BCUT2D eigenvalue weighted by Crippen LogP contribution is -2.23. The van der Waals surface area contributed by atoms with Crippen LogP contribution < -0.4 is 4.90 Å². The van der Waals surface area contributed by atoms with E-state index < -0.39 is 0 Å². The molecule has 1 aliphatic heterocycles. The van der Waals surface area contributed by atoms with E-state index in [4.69, 9.17) is 0 Å². The van der Waals surface area contributed by atoms with Crippen molar-refractivity contribution in [3.8, 4) is 0 Å². The van der Waals surface area contributed by atoms with Crippen molar-refractivity contribution in [3.05, 3.63) is 35.7 Å². The number of fused-ring (bicyclic) bond motifs is 1. The smallest absolute Gasteiger partial charge is 0.141 e. The highest BCUT2D eigenvalue weighted by molar-refractivity contribution is 7.16. The standard InChI is InChI=1S/C14H15N5S/c1-18-8-10(7-17-18)12-3-2-5-19(12)13-11-4-6-20-14(11)16-9-15-13/h4,6-9,12H,2-3,5H2,1H3. The van der Waals surface area contributed by atoms with Gasteiger partial charge in [-0.3, -0.25) is 4.68 Å². The van der Waals surface area contributed by atoms with Crippen LogP contribution in [0.4, 0.5) is 5.82 Å². The molecule has 1 atom stereocenters. The second-order valence-corrected chi connectivity index (χ2v) is 6.03. The van der Waals surface area contributed by atoms with E-state index in [1.807, 2.05) is 17.9 Å². The molecule has 0 radical (unpaired) electrons. The SMILES string of the molecule is Cn1cc(C2CCCN2c2ncnc3sccc23)cn1. The zero-order chi connectivity index (χ0) is 13.5. The molecule has 4 heterocycles. The minimum absolute atomic E-state index is 0.377. The van der Waals surface area contributed by atoms with E-state index in [9.17, 15) is 0 Å². The van der Waals surface area contributed by atoms with Gasteiger partial charge < -0.3 is 4.90 Å². The first-order chi connectivity index (χ1) is 9.83. The van der Waals surface area contributed by atoms with Crippen molar-refractivity contribution < 1.29 is 0 Å². The van der Waals surface area contributed by atoms with Gasteiger partial charge in [-0.15, -0.1) is 11.3 Å². The Bertz CT molecular complexity index is 747. The van der Waals surface area contributed by atoms with Gasteiger partial charge in [-0.2, -0.15) is 5.10 Å². The summed E-state index contributed by atoms with van der Waals surface area (Å²) in [5, 5.41) is 7.54. The number of nitrogens with zero attached hydrogens (tertiary/aromatic N) is 5. The molecule has 20 heavy (non-hydrogen) atoms. The minimum Gasteiger partial charge on any atom is -0.349 e. The Morgan fingerprint density at radius 1 is 1.35 bits per heavy atom. The van der Waals surface area contributed by atoms with Gasteiger partial charge in [-0.25, -0.2) is 9.97 Å². The van der Waals surface area contributed by atoms with Gasteiger partial charge in [0.15, 0.2) is 0 Å². The molecule has 0 aliphatic carbocycles. The highest BCUT2D eigenvalue weighted by Gasteiger charge is 2.29. The summed E-state index contributed by atoms with van der Waals surface area (Å²) in [6.45, 7) is 1.04. The Morgan fingerprint density at radius 2 is 2.30 bits per heavy atom. The molecule has 0 saturated carbocycles. The van der Waals surface area contributed by atoms with Crippen LogP contribution in [0.3, 0.4) is 0 Å². The highest BCUT2D eigenvalue weighted by Crippen LogP contribution is 2.38. The van der Waals surface area contributed by atoms with E-state index in [0.717, 1.165) is 29.0 Å². The third-order valence-electron chi connectivity index (χ3n) is 3.88. The van der Waals surface area contributed by atoms with Crippen LogP contribution in [0, 0.1) is 0 Å². The number of hydrogen-bond donors (Lipinski definition) is 0. The summed E-state index contributed by atoms with van der Waals surface area (Å²) >= 11 is 1.67. The Kier molecular flexibility index (Phi) is 2.70. The lowest BCUT2D eigenvalue weighted by molar-refractivity contribution is 0.709. The molecule has 1 saturated heterocycles. The molecule has 1 unspecified atom stereocenters. The van der Waals surface area contributed by atoms with Crippen LogP contribution in [-0.2, 0) is 7.05 Å². The summed E-state index contributed by atoms with van der Waals surface area (Å²) < 4.78 is 1.87. The largest absolute Gasteiger partial charge is 0.349 e. The number of hydrogen-bond acceptors (Lipinski definition) is 5. The Hall–Kier alpha value is -1.95. The minimum atomic E-state index is 0.377. The topological polar surface area (TPSA) is 46.8 Å². The summed E-state index contributed by atoms with van der Waals surface area (Å²) in [5.41, 5.74) is 1.27. The summed E-state index contributed by atoms with van der Waals surface area (Å²) in [5.74, 6) is 1.06. The first-order valence-corrected chi connectivity index (χ1v) is 7.64. The van der Waals surface area contributed by atoms with Gasteiger partial charge in [0.25, 0.3) is 0 Å². The van der Waals surface area contributed by atoms with Gasteiger partial charge >= 0.3 is 0 Å². The van der Waals surface area contributed by atoms with Crippen LogP contribution in [0.5, 0.6) is 0 Å². The maximum Gasteiger partial charge on any atom is 0.141 e. The average molecular weight is 285 g/mol. The van der Waals surface area contributed by atoms with E-state index in [1.54, 1.807) is 17.7 Å². The molecule has 4 rings (SSSR count). The van der Waals surface area contributed by atoms with E-state index in [2.05, 4.69) is 37.6 Å². The molecule has 102 valence electrons. The number of thiophene rings is 1. The fourth-order valence-corrected chi connectivity index (χ4v) is 3.71. The molecule has 0 N–H and O–H groups in total. The number of aryl methyl sites for hydroxylation is 1. The van der Waals surface area contributed by atoms with Crippen LogP contribution in [0.2, 0.25) is 0 Å². The van der Waals surface area contributed by atoms with Crippen molar-refractivity contribution in [2.24, 2.45) is 7.05 Å². The van der Waals surface area contributed by atoms with Gasteiger partial charge in [-0.05, 0) is 24.3 Å². The summed E-state index contributed by atoms with van der Waals surface area (Å²) in [4.78, 5) is 12.3. The quantitative estimate of drug-likeness (QED) is 0.726. The molecular formula is C14H15N5S. The third-order valence-corrected chi connectivity index (χ3v) is 4.70. The lowest BCUT2D eigenvalue weighted by atomic mass is 10.1. The first-order valence-electron chi connectivity index (χ1n) is 6.76. The summed E-state index contributed by atoms with van der Waals surface area (Å²) in [6.07, 6.45) is 8.09. The van der Waals surface area contributed by atoms with Crippen LogP contribution in [0.25, 0.3) is 10.2 Å². The van der Waals surface area contributed by atoms with Crippen molar-refractivity contribution in [2.45, 2.75) is 18.9 Å². The highest BCUT2D eigenvalue weighted by atomic mass is 32.1. The maximum absolute atomic E-state index is 4.54. The molecule has 1 aliphatic rings. The van der Waals surface area contributed by atoms with Gasteiger partial charge in [0.1, 0.15) is 17.0 Å². The normalized spacial score (nSPS) is 19.1. The molecule has 5 nitrogen and oxygen atoms in total. The Balaban J connectivity index is 1.78. The second-order valence-electron chi connectivity index (χ2n) is 5.14. The van der Waals surface area contributed by atoms with Gasteiger partial charge in [0.05, 0.1) is 17.6 Å². The molecule has 0 spiro atoms. The first kappa shape index (κ1) is 11.8. The van der Waals surface area contributed by atoms with Crippen LogP contribution in [-0.4, -0.2) is 26.3 Å². The van der Waals surface area contributed by atoms with Crippen molar-refractivity contribution >= 4 is 27.4 Å². The van der Waals surface area contributed by atoms with Gasteiger partial charge in [-0.1, -0.05) is 0 Å². The van der Waals surface area contributed by atoms with Crippen LogP contribution >= 0.6 is 11.3 Å². The molecule has 0 aromatic carbocycles. The van der Waals surface area contributed by atoms with Gasteiger partial charge in [0.2, 0.25) is 0 Å². The zero-order valence-electron chi connectivity index (χ0n) is 11.2. The van der Waals surface area contributed by atoms with E-state index in [1.165, 1.54) is 12.0 Å². The molecular weight excluding hydrogens is 270 g/mol. The average Bonchev–Trinajstić information content (AvgIpc) is 3.17. The fourth-order valence-electron chi connectivity index (χ4n) is 2.98. The predicted molar refractivity (Wildman–Crippen MR) is 79.9 cm³/mol. The van der Waals surface area contributed by atoms with Crippen molar-refractivity contribution in [1.29, 1.82) is 0 Å². The number of aromatic nitrogens is 4. The molecule has 6 heteroatoms. The predicted octanol–water partition coefficient (Wildman–Crippen LogP) is 2.77. The molecule has 3 aromatic rings. The lowest BCUT2D eigenvalue weighted by Gasteiger charge is -2.25. The van der Waals surface area contributed by atoms with E-state index in [0.29, 0.717) is 6.04 Å². The maximum atomic E-state index is 4.54.